The largest absolute Gasteiger partial charge is 0.478 e. The van der Waals surface area contributed by atoms with Crippen molar-refractivity contribution >= 4 is 5.97 Å². The molecule has 0 radical (unpaired) electrons. The lowest BCUT2D eigenvalue weighted by Gasteiger charge is -2.10. The molecule has 0 spiro atoms. The van der Waals surface area contributed by atoms with Crippen LogP contribution in [0.5, 0.6) is 0 Å². The number of carboxylic acids is 1. The number of hydrogen-bond donors (Lipinski definition) is 1. The highest BCUT2D eigenvalue weighted by atomic mass is 19.1. The van der Waals surface area contributed by atoms with Gasteiger partial charge in [0.1, 0.15) is 11.6 Å². The van der Waals surface area contributed by atoms with Crippen molar-refractivity contribution in [2.45, 2.75) is 13.8 Å². The van der Waals surface area contributed by atoms with Gasteiger partial charge in [-0.1, -0.05) is 11.6 Å². The second-order valence-electron chi connectivity index (χ2n) is 4.44. The topological polar surface area (TPSA) is 37.3 Å². The third kappa shape index (κ3) is 2.47. The first kappa shape index (κ1) is 13.2. The predicted molar refractivity (Wildman–Crippen MR) is 68.2 cm³/mol. The molecule has 2 aromatic carbocycles. The van der Waals surface area contributed by atoms with Crippen LogP contribution in [0, 0.1) is 25.5 Å². The van der Waals surface area contributed by atoms with Gasteiger partial charge in [0.25, 0.3) is 0 Å². The molecule has 0 aliphatic rings. The van der Waals surface area contributed by atoms with E-state index in [2.05, 4.69) is 0 Å². The molecule has 98 valence electrons. The minimum absolute atomic E-state index is 0.167. The number of benzene rings is 2. The van der Waals surface area contributed by atoms with Crippen LogP contribution in [0.15, 0.2) is 30.3 Å². The first-order chi connectivity index (χ1) is 8.90. The maximum absolute atomic E-state index is 13.8. The molecule has 2 nitrogen and oxygen atoms in total. The van der Waals surface area contributed by atoms with Crippen LogP contribution in [0.4, 0.5) is 8.78 Å². The molecule has 0 unspecified atom stereocenters. The average molecular weight is 262 g/mol. The first-order valence-electron chi connectivity index (χ1n) is 5.70. The van der Waals surface area contributed by atoms with Crippen molar-refractivity contribution in [2.24, 2.45) is 0 Å². The van der Waals surface area contributed by atoms with Crippen LogP contribution < -0.4 is 0 Å². The van der Waals surface area contributed by atoms with E-state index in [0.717, 1.165) is 11.6 Å². The molecule has 0 saturated carbocycles. The first-order valence-corrected chi connectivity index (χ1v) is 5.70. The Kier molecular flexibility index (Phi) is 3.34. The summed E-state index contributed by atoms with van der Waals surface area (Å²) < 4.78 is 27.3. The molecule has 0 atom stereocenters. The molecular weight excluding hydrogens is 250 g/mol. The van der Waals surface area contributed by atoms with Gasteiger partial charge in [0, 0.05) is 5.56 Å². The molecule has 19 heavy (non-hydrogen) atoms. The van der Waals surface area contributed by atoms with Gasteiger partial charge in [-0.25, -0.2) is 13.6 Å². The standard InChI is InChI=1S/C15H12F2O2/c1-8-3-4-13(16)11(5-8)10-6-9(2)14(17)7-12(10)15(18)19/h3-7H,1-2H3,(H,18,19). The zero-order valence-corrected chi connectivity index (χ0v) is 10.5. The number of carbonyl (C=O) groups is 1. The SMILES string of the molecule is Cc1ccc(F)c(-c2cc(C)c(F)cc2C(=O)O)c1. The van der Waals surface area contributed by atoms with Crippen molar-refractivity contribution in [1.82, 2.24) is 0 Å². The summed E-state index contributed by atoms with van der Waals surface area (Å²) in [7, 11) is 0. The number of hydrogen-bond acceptors (Lipinski definition) is 1. The van der Waals surface area contributed by atoms with Gasteiger partial charge < -0.3 is 5.11 Å². The minimum Gasteiger partial charge on any atom is -0.478 e. The molecule has 0 bridgehead atoms. The van der Waals surface area contributed by atoms with Gasteiger partial charge in [-0.05, 0) is 49.2 Å². The Bertz CT molecular complexity index is 663. The van der Waals surface area contributed by atoms with Crippen LogP contribution in [0.25, 0.3) is 11.1 Å². The van der Waals surface area contributed by atoms with Gasteiger partial charge in [-0.15, -0.1) is 0 Å². The molecule has 2 rings (SSSR count). The lowest BCUT2D eigenvalue weighted by atomic mass is 9.95. The van der Waals surface area contributed by atoms with Crippen molar-refractivity contribution in [3.8, 4) is 11.1 Å². The number of aromatic carboxylic acids is 1. The predicted octanol–water partition coefficient (Wildman–Crippen LogP) is 3.95. The van der Waals surface area contributed by atoms with Crippen molar-refractivity contribution in [1.29, 1.82) is 0 Å². The van der Waals surface area contributed by atoms with Crippen LogP contribution in [0.2, 0.25) is 0 Å². The lowest BCUT2D eigenvalue weighted by molar-refractivity contribution is 0.0697. The molecule has 0 aliphatic heterocycles. The minimum atomic E-state index is -1.28. The molecule has 0 aromatic heterocycles. The van der Waals surface area contributed by atoms with Crippen LogP contribution >= 0.6 is 0 Å². The Morgan fingerprint density at radius 2 is 1.68 bits per heavy atom. The van der Waals surface area contributed by atoms with Gasteiger partial charge in [-0.2, -0.15) is 0 Å². The Balaban J connectivity index is 2.77. The smallest absolute Gasteiger partial charge is 0.336 e. The van der Waals surface area contributed by atoms with E-state index in [1.165, 1.54) is 19.1 Å². The fraction of sp³-hybridized carbons (Fsp3) is 0.133. The molecule has 2 aromatic rings. The van der Waals surface area contributed by atoms with Crippen LogP contribution in [-0.4, -0.2) is 11.1 Å². The molecular formula is C15H12F2O2. The van der Waals surface area contributed by atoms with E-state index in [-0.39, 0.29) is 22.3 Å². The van der Waals surface area contributed by atoms with E-state index in [4.69, 9.17) is 5.11 Å². The van der Waals surface area contributed by atoms with Crippen LogP contribution in [0.1, 0.15) is 21.5 Å². The third-order valence-electron chi connectivity index (χ3n) is 2.94. The molecule has 0 heterocycles. The van der Waals surface area contributed by atoms with Gasteiger partial charge >= 0.3 is 5.97 Å². The Hall–Kier alpha value is -2.23. The molecule has 0 aliphatic carbocycles. The molecule has 4 heteroatoms. The Morgan fingerprint density at radius 1 is 1.00 bits per heavy atom. The Labute approximate surface area is 109 Å². The highest BCUT2D eigenvalue weighted by Gasteiger charge is 2.17. The lowest BCUT2D eigenvalue weighted by Crippen LogP contribution is -2.03. The molecule has 0 fully saturated rings. The summed E-state index contributed by atoms with van der Waals surface area (Å²) in [6, 6.07) is 6.70. The third-order valence-corrected chi connectivity index (χ3v) is 2.94. The zero-order valence-electron chi connectivity index (χ0n) is 10.5. The number of halogens is 2. The van der Waals surface area contributed by atoms with E-state index in [0.29, 0.717) is 0 Å². The summed E-state index contributed by atoms with van der Waals surface area (Å²) in [5.74, 6) is -2.43. The van der Waals surface area contributed by atoms with E-state index in [9.17, 15) is 13.6 Å². The summed E-state index contributed by atoms with van der Waals surface area (Å²) >= 11 is 0. The maximum Gasteiger partial charge on any atom is 0.336 e. The van der Waals surface area contributed by atoms with E-state index < -0.39 is 17.6 Å². The average Bonchev–Trinajstić information content (AvgIpc) is 2.35. The van der Waals surface area contributed by atoms with Gasteiger partial charge in [0.2, 0.25) is 0 Å². The van der Waals surface area contributed by atoms with Crippen molar-refractivity contribution in [2.75, 3.05) is 0 Å². The fourth-order valence-electron chi connectivity index (χ4n) is 1.93. The molecule has 0 saturated heterocycles. The monoisotopic (exact) mass is 262 g/mol. The van der Waals surface area contributed by atoms with Crippen LogP contribution in [-0.2, 0) is 0 Å². The van der Waals surface area contributed by atoms with Crippen LogP contribution in [0.3, 0.4) is 0 Å². The highest BCUT2D eigenvalue weighted by molar-refractivity contribution is 5.96. The fourth-order valence-corrected chi connectivity index (χ4v) is 1.93. The number of carboxylic acid groups (broad SMARTS) is 1. The Morgan fingerprint density at radius 3 is 2.32 bits per heavy atom. The van der Waals surface area contributed by atoms with Gasteiger partial charge in [0.05, 0.1) is 5.56 Å². The van der Waals surface area contributed by atoms with E-state index >= 15 is 0 Å². The summed E-state index contributed by atoms with van der Waals surface area (Å²) in [5, 5.41) is 9.11. The summed E-state index contributed by atoms with van der Waals surface area (Å²) in [6.45, 7) is 3.29. The highest BCUT2D eigenvalue weighted by Crippen LogP contribution is 2.29. The van der Waals surface area contributed by atoms with Gasteiger partial charge in [-0.3, -0.25) is 0 Å². The summed E-state index contributed by atoms with van der Waals surface area (Å²) in [4.78, 5) is 11.2. The van der Waals surface area contributed by atoms with Gasteiger partial charge in [0.15, 0.2) is 0 Å². The van der Waals surface area contributed by atoms with Crippen molar-refractivity contribution in [3.63, 3.8) is 0 Å². The second kappa shape index (κ2) is 4.80. The number of aryl methyl sites for hydroxylation is 2. The molecule has 1 N–H and O–H groups in total. The summed E-state index contributed by atoms with van der Waals surface area (Å²) in [6.07, 6.45) is 0. The van der Waals surface area contributed by atoms with Crippen molar-refractivity contribution < 1.29 is 18.7 Å². The summed E-state index contributed by atoms with van der Waals surface area (Å²) in [5.41, 5.74) is 1.19. The molecule has 0 amide bonds. The normalized spacial score (nSPS) is 10.5. The second-order valence-corrected chi connectivity index (χ2v) is 4.44. The van der Waals surface area contributed by atoms with E-state index in [1.807, 2.05) is 0 Å². The number of rotatable bonds is 2. The van der Waals surface area contributed by atoms with E-state index in [1.54, 1.807) is 19.1 Å². The zero-order chi connectivity index (χ0) is 14.2. The quantitative estimate of drug-likeness (QED) is 0.889. The maximum atomic E-state index is 13.8. The van der Waals surface area contributed by atoms with Crippen molar-refractivity contribution in [3.05, 3.63) is 58.7 Å².